The highest BCUT2D eigenvalue weighted by Gasteiger charge is 2.13. The molecular weight excluding hydrogens is 202 g/mol. The van der Waals surface area contributed by atoms with Crippen LogP contribution in [0.3, 0.4) is 0 Å². The normalized spacial score (nSPS) is 19.4. The third-order valence-electron chi connectivity index (χ3n) is 2.81. The van der Waals surface area contributed by atoms with E-state index in [1.54, 1.807) is 7.05 Å². The van der Waals surface area contributed by atoms with E-state index in [9.17, 15) is 4.79 Å². The molecular formula is C12H17N3O. The third-order valence-corrected chi connectivity index (χ3v) is 2.81. The molecule has 1 fully saturated rings. The number of hydrogen-bond donors (Lipinski definition) is 3. The third kappa shape index (κ3) is 2.52. The van der Waals surface area contributed by atoms with Crippen molar-refractivity contribution in [2.45, 2.75) is 12.5 Å². The van der Waals surface area contributed by atoms with Crippen LogP contribution in [0.25, 0.3) is 0 Å². The van der Waals surface area contributed by atoms with Crippen LogP contribution in [0.4, 0.5) is 5.69 Å². The van der Waals surface area contributed by atoms with E-state index in [0.717, 1.165) is 25.2 Å². The Bertz CT molecular complexity index is 355. The second-order valence-electron chi connectivity index (χ2n) is 3.99. The number of rotatable bonds is 3. The van der Waals surface area contributed by atoms with Crippen LogP contribution in [-0.4, -0.2) is 32.1 Å². The quantitative estimate of drug-likeness (QED) is 0.705. The Morgan fingerprint density at radius 2 is 2.12 bits per heavy atom. The minimum Gasteiger partial charge on any atom is -0.381 e. The van der Waals surface area contributed by atoms with Crippen molar-refractivity contribution in [1.29, 1.82) is 0 Å². The molecule has 0 spiro atoms. The van der Waals surface area contributed by atoms with Crippen molar-refractivity contribution in [1.82, 2.24) is 10.6 Å². The Labute approximate surface area is 95.4 Å². The first-order chi connectivity index (χ1) is 7.79. The second-order valence-corrected chi connectivity index (χ2v) is 3.99. The summed E-state index contributed by atoms with van der Waals surface area (Å²) in [5.74, 6) is -0.0471. The van der Waals surface area contributed by atoms with E-state index >= 15 is 0 Å². The summed E-state index contributed by atoms with van der Waals surface area (Å²) in [4.78, 5) is 11.3. The van der Waals surface area contributed by atoms with Crippen LogP contribution >= 0.6 is 0 Å². The van der Waals surface area contributed by atoms with Gasteiger partial charge in [0.2, 0.25) is 0 Å². The molecule has 1 aliphatic heterocycles. The van der Waals surface area contributed by atoms with Crippen LogP contribution in [-0.2, 0) is 0 Å². The van der Waals surface area contributed by atoms with Gasteiger partial charge in [-0.15, -0.1) is 0 Å². The first-order valence-electron chi connectivity index (χ1n) is 5.59. The number of amides is 1. The fourth-order valence-corrected chi connectivity index (χ4v) is 1.88. The van der Waals surface area contributed by atoms with Gasteiger partial charge in [-0.05, 0) is 37.2 Å². The number of hydrogen-bond acceptors (Lipinski definition) is 3. The molecule has 3 N–H and O–H groups in total. The molecule has 1 unspecified atom stereocenters. The maximum atomic E-state index is 11.3. The molecule has 0 aromatic heterocycles. The topological polar surface area (TPSA) is 53.2 Å². The maximum absolute atomic E-state index is 11.3. The Balaban J connectivity index is 1.98. The van der Waals surface area contributed by atoms with Gasteiger partial charge < -0.3 is 16.0 Å². The molecule has 2 rings (SSSR count). The summed E-state index contributed by atoms with van der Waals surface area (Å²) >= 11 is 0. The van der Waals surface area contributed by atoms with Crippen LogP contribution in [0.15, 0.2) is 24.3 Å². The van der Waals surface area contributed by atoms with Crippen molar-refractivity contribution in [3.05, 3.63) is 29.8 Å². The van der Waals surface area contributed by atoms with Crippen molar-refractivity contribution in [2.24, 2.45) is 0 Å². The van der Waals surface area contributed by atoms with E-state index < -0.39 is 0 Å². The van der Waals surface area contributed by atoms with Gasteiger partial charge in [0.05, 0.1) is 0 Å². The van der Waals surface area contributed by atoms with Crippen molar-refractivity contribution in [3.63, 3.8) is 0 Å². The highest BCUT2D eigenvalue weighted by molar-refractivity contribution is 5.94. The lowest BCUT2D eigenvalue weighted by Gasteiger charge is -2.12. The molecule has 1 heterocycles. The molecule has 1 aliphatic rings. The number of carbonyl (C=O) groups is 1. The maximum Gasteiger partial charge on any atom is 0.251 e. The summed E-state index contributed by atoms with van der Waals surface area (Å²) in [6, 6.07) is 8.07. The lowest BCUT2D eigenvalue weighted by atomic mass is 10.1. The van der Waals surface area contributed by atoms with Gasteiger partial charge in [-0.2, -0.15) is 0 Å². The molecule has 0 radical (unpaired) electrons. The number of carbonyl (C=O) groups excluding carboxylic acids is 1. The van der Waals surface area contributed by atoms with Crippen molar-refractivity contribution in [3.8, 4) is 0 Å². The predicted octanol–water partition coefficient (Wildman–Crippen LogP) is 0.820. The number of benzene rings is 1. The average molecular weight is 219 g/mol. The predicted molar refractivity (Wildman–Crippen MR) is 64.7 cm³/mol. The first-order valence-corrected chi connectivity index (χ1v) is 5.59. The average Bonchev–Trinajstić information content (AvgIpc) is 2.82. The van der Waals surface area contributed by atoms with Gasteiger partial charge in [-0.1, -0.05) is 0 Å². The first kappa shape index (κ1) is 11.0. The molecule has 4 heteroatoms. The second kappa shape index (κ2) is 4.99. The molecule has 0 aliphatic carbocycles. The molecule has 1 amide bonds. The largest absolute Gasteiger partial charge is 0.381 e. The van der Waals surface area contributed by atoms with Gasteiger partial charge in [0.25, 0.3) is 5.91 Å². The zero-order valence-corrected chi connectivity index (χ0v) is 9.42. The summed E-state index contributed by atoms with van der Waals surface area (Å²) in [6.45, 7) is 2.09. The molecule has 86 valence electrons. The summed E-state index contributed by atoms with van der Waals surface area (Å²) < 4.78 is 0. The highest BCUT2D eigenvalue weighted by Crippen LogP contribution is 2.13. The van der Waals surface area contributed by atoms with Gasteiger partial charge >= 0.3 is 0 Å². The Morgan fingerprint density at radius 1 is 1.38 bits per heavy atom. The SMILES string of the molecule is CNC(=O)c1ccc(NC2CCNC2)cc1. The van der Waals surface area contributed by atoms with E-state index in [1.807, 2.05) is 24.3 Å². The van der Waals surface area contributed by atoms with Crippen molar-refractivity contribution in [2.75, 3.05) is 25.5 Å². The summed E-state index contributed by atoms with van der Waals surface area (Å²) in [6.07, 6.45) is 1.15. The van der Waals surface area contributed by atoms with Gasteiger partial charge in [0, 0.05) is 30.9 Å². The van der Waals surface area contributed by atoms with E-state index in [2.05, 4.69) is 16.0 Å². The fourth-order valence-electron chi connectivity index (χ4n) is 1.88. The summed E-state index contributed by atoms with van der Waals surface area (Å²) in [5.41, 5.74) is 1.76. The van der Waals surface area contributed by atoms with Gasteiger partial charge in [-0.3, -0.25) is 4.79 Å². The van der Waals surface area contributed by atoms with E-state index in [4.69, 9.17) is 0 Å². The smallest absolute Gasteiger partial charge is 0.251 e. The van der Waals surface area contributed by atoms with Crippen LogP contribution < -0.4 is 16.0 Å². The molecule has 4 nitrogen and oxygen atoms in total. The van der Waals surface area contributed by atoms with Crippen LogP contribution in [0.2, 0.25) is 0 Å². The molecule has 1 aromatic carbocycles. The Kier molecular flexibility index (Phi) is 3.41. The molecule has 16 heavy (non-hydrogen) atoms. The molecule has 0 saturated carbocycles. The van der Waals surface area contributed by atoms with Crippen molar-refractivity contribution < 1.29 is 4.79 Å². The van der Waals surface area contributed by atoms with Gasteiger partial charge in [0.1, 0.15) is 0 Å². The standard InChI is InChI=1S/C12H17N3O/c1-13-12(16)9-2-4-10(5-3-9)15-11-6-7-14-8-11/h2-5,11,14-15H,6-8H2,1H3,(H,13,16). The highest BCUT2D eigenvalue weighted by atomic mass is 16.1. The number of anilines is 1. The zero-order valence-electron chi connectivity index (χ0n) is 9.42. The summed E-state index contributed by atoms with van der Waals surface area (Å²) in [7, 11) is 1.64. The molecule has 0 bridgehead atoms. The van der Waals surface area contributed by atoms with Gasteiger partial charge in [0.15, 0.2) is 0 Å². The summed E-state index contributed by atoms with van der Waals surface area (Å²) in [5, 5.41) is 9.34. The van der Waals surface area contributed by atoms with Crippen LogP contribution in [0.5, 0.6) is 0 Å². The minimum absolute atomic E-state index is 0.0471. The fraction of sp³-hybridized carbons (Fsp3) is 0.417. The number of nitrogens with one attached hydrogen (secondary N) is 3. The lowest BCUT2D eigenvalue weighted by Crippen LogP contribution is -2.22. The zero-order chi connectivity index (χ0) is 11.4. The molecule has 1 atom stereocenters. The van der Waals surface area contributed by atoms with Crippen molar-refractivity contribution >= 4 is 11.6 Å². The molecule has 1 aromatic rings. The minimum atomic E-state index is -0.0471. The van der Waals surface area contributed by atoms with Crippen LogP contribution in [0.1, 0.15) is 16.8 Å². The van der Waals surface area contributed by atoms with E-state index in [0.29, 0.717) is 11.6 Å². The Morgan fingerprint density at radius 3 is 2.69 bits per heavy atom. The molecule has 1 saturated heterocycles. The van der Waals surface area contributed by atoms with E-state index in [-0.39, 0.29) is 5.91 Å². The van der Waals surface area contributed by atoms with Crippen LogP contribution in [0, 0.1) is 0 Å². The Hall–Kier alpha value is -1.55. The van der Waals surface area contributed by atoms with Gasteiger partial charge in [-0.25, -0.2) is 0 Å². The van der Waals surface area contributed by atoms with E-state index in [1.165, 1.54) is 0 Å². The monoisotopic (exact) mass is 219 g/mol. The lowest BCUT2D eigenvalue weighted by molar-refractivity contribution is 0.0963.